The molecule has 0 aliphatic heterocycles. The number of halogens is 1. The number of nitrogens with zero attached hydrogens (tertiary/aromatic N) is 3. The Balaban J connectivity index is 1.90. The predicted octanol–water partition coefficient (Wildman–Crippen LogP) is 3.96. The van der Waals surface area contributed by atoms with E-state index in [1.807, 2.05) is 34.9 Å². The van der Waals surface area contributed by atoms with Crippen LogP contribution in [0.15, 0.2) is 73.1 Å². The van der Waals surface area contributed by atoms with Gasteiger partial charge in [-0.25, -0.2) is 14.4 Å². The van der Waals surface area contributed by atoms with Gasteiger partial charge in [0.1, 0.15) is 11.5 Å². The smallest absolute Gasteiger partial charge is 0.235 e. The van der Waals surface area contributed by atoms with E-state index in [1.54, 1.807) is 30.6 Å². The van der Waals surface area contributed by atoms with E-state index < -0.39 is 0 Å². The summed E-state index contributed by atoms with van der Waals surface area (Å²) in [6, 6.07) is 18.0. The number of hydrogen-bond acceptors (Lipinski definition) is 2. The molecule has 2 heterocycles. The van der Waals surface area contributed by atoms with Gasteiger partial charge in [0.25, 0.3) is 0 Å². The summed E-state index contributed by atoms with van der Waals surface area (Å²) in [4.78, 5) is 8.65. The molecule has 4 aromatic rings. The first-order valence-electron chi connectivity index (χ1n) is 7.47. The maximum absolute atomic E-state index is 13.3. The van der Waals surface area contributed by atoms with Gasteiger partial charge in [-0.15, -0.1) is 0 Å². The monoisotopic (exact) mass is 313 g/mol. The van der Waals surface area contributed by atoms with Crippen LogP contribution in [0.2, 0.25) is 0 Å². The predicted molar refractivity (Wildman–Crippen MR) is 91.2 cm³/mol. The lowest BCUT2D eigenvalue weighted by molar-refractivity contribution is 0.627. The summed E-state index contributed by atoms with van der Waals surface area (Å²) < 4.78 is 15.2. The summed E-state index contributed by atoms with van der Waals surface area (Å²) in [5.41, 5.74) is 2.36. The van der Waals surface area contributed by atoms with Crippen LogP contribution in [0.3, 0.4) is 0 Å². The molecule has 0 aliphatic carbocycles. The molecule has 0 radical (unpaired) electrons. The Bertz CT molecular complexity index is 1070. The molecule has 0 saturated carbocycles. The van der Waals surface area contributed by atoms with Gasteiger partial charge in [0.05, 0.1) is 5.52 Å². The Morgan fingerprint density at radius 1 is 0.833 bits per heavy atom. The van der Waals surface area contributed by atoms with Crippen molar-refractivity contribution in [3.8, 4) is 17.8 Å². The first kappa shape index (κ1) is 14.2. The number of aromatic nitrogens is 3. The first-order valence-corrected chi connectivity index (χ1v) is 7.47. The van der Waals surface area contributed by atoms with Gasteiger partial charge in [-0.05, 0) is 42.3 Å². The molecule has 0 fully saturated rings. The van der Waals surface area contributed by atoms with E-state index in [1.165, 1.54) is 12.1 Å². The Morgan fingerprint density at radius 3 is 2.50 bits per heavy atom. The summed E-state index contributed by atoms with van der Waals surface area (Å²) in [6.45, 7) is 0. The van der Waals surface area contributed by atoms with E-state index in [0.29, 0.717) is 11.5 Å². The van der Waals surface area contributed by atoms with Crippen LogP contribution in [0.25, 0.3) is 16.9 Å². The largest absolute Gasteiger partial charge is 0.271 e. The molecule has 0 amide bonds. The molecule has 3 nitrogen and oxygen atoms in total. The molecule has 0 N–H and O–H groups in total. The van der Waals surface area contributed by atoms with Crippen molar-refractivity contribution in [1.82, 2.24) is 14.5 Å². The van der Waals surface area contributed by atoms with E-state index in [-0.39, 0.29) is 5.82 Å². The van der Waals surface area contributed by atoms with E-state index in [2.05, 4.69) is 21.8 Å². The SMILES string of the molecule is Fc1cccc(C#Cc2cc3ccccc3n2-c2ncccn2)c1. The molecule has 4 heteroatoms. The highest BCUT2D eigenvalue weighted by molar-refractivity contribution is 5.84. The minimum Gasteiger partial charge on any atom is -0.271 e. The van der Waals surface area contributed by atoms with Gasteiger partial charge >= 0.3 is 0 Å². The number of benzene rings is 2. The topological polar surface area (TPSA) is 30.7 Å². The third-order valence-corrected chi connectivity index (χ3v) is 3.62. The van der Waals surface area contributed by atoms with E-state index in [0.717, 1.165) is 16.6 Å². The fraction of sp³-hybridized carbons (Fsp3) is 0. The van der Waals surface area contributed by atoms with Gasteiger partial charge in [-0.1, -0.05) is 30.2 Å². The minimum atomic E-state index is -0.297. The molecular formula is C20H12FN3. The maximum Gasteiger partial charge on any atom is 0.235 e. The highest BCUT2D eigenvalue weighted by atomic mass is 19.1. The summed E-state index contributed by atoms with van der Waals surface area (Å²) in [7, 11) is 0. The molecule has 24 heavy (non-hydrogen) atoms. The van der Waals surface area contributed by atoms with Crippen LogP contribution >= 0.6 is 0 Å². The molecule has 0 spiro atoms. The van der Waals surface area contributed by atoms with Gasteiger partial charge < -0.3 is 0 Å². The quantitative estimate of drug-likeness (QED) is 0.498. The van der Waals surface area contributed by atoms with E-state index in [9.17, 15) is 4.39 Å². The average molecular weight is 313 g/mol. The van der Waals surface area contributed by atoms with Crippen LogP contribution in [0.4, 0.5) is 4.39 Å². The van der Waals surface area contributed by atoms with E-state index in [4.69, 9.17) is 0 Å². The summed E-state index contributed by atoms with van der Waals surface area (Å²) in [5.74, 6) is 6.38. The van der Waals surface area contributed by atoms with Gasteiger partial charge in [0.2, 0.25) is 5.95 Å². The van der Waals surface area contributed by atoms with Crippen molar-refractivity contribution in [3.63, 3.8) is 0 Å². The first-order chi connectivity index (χ1) is 11.8. The van der Waals surface area contributed by atoms with Crippen LogP contribution in [0, 0.1) is 17.7 Å². The lowest BCUT2D eigenvalue weighted by Gasteiger charge is -2.04. The maximum atomic E-state index is 13.3. The van der Waals surface area contributed by atoms with Gasteiger partial charge in [-0.2, -0.15) is 0 Å². The molecule has 4 rings (SSSR count). The van der Waals surface area contributed by atoms with Crippen molar-refractivity contribution < 1.29 is 4.39 Å². The number of hydrogen-bond donors (Lipinski definition) is 0. The van der Waals surface area contributed by atoms with Gasteiger partial charge in [-0.3, -0.25) is 4.57 Å². The van der Waals surface area contributed by atoms with Crippen molar-refractivity contribution in [3.05, 3.63) is 90.1 Å². The molecular weight excluding hydrogens is 301 g/mol. The van der Waals surface area contributed by atoms with Crippen molar-refractivity contribution in [2.24, 2.45) is 0 Å². The average Bonchev–Trinajstić information content (AvgIpc) is 2.99. The molecule has 2 aromatic carbocycles. The lowest BCUT2D eigenvalue weighted by Crippen LogP contribution is -2.02. The molecule has 114 valence electrons. The highest BCUT2D eigenvalue weighted by Gasteiger charge is 2.10. The second kappa shape index (κ2) is 5.98. The number of rotatable bonds is 1. The molecule has 0 aliphatic rings. The number of para-hydroxylation sites is 1. The molecule has 0 unspecified atom stereocenters. The zero-order valence-corrected chi connectivity index (χ0v) is 12.6. The fourth-order valence-corrected chi connectivity index (χ4v) is 2.57. The summed E-state index contributed by atoms with van der Waals surface area (Å²) in [5, 5.41) is 1.05. The second-order valence-electron chi connectivity index (χ2n) is 5.23. The van der Waals surface area contributed by atoms with Crippen molar-refractivity contribution in [1.29, 1.82) is 0 Å². The van der Waals surface area contributed by atoms with Crippen molar-refractivity contribution in [2.45, 2.75) is 0 Å². The third kappa shape index (κ3) is 2.64. The zero-order valence-electron chi connectivity index (χ0n) is 12.6. The van der Waals surface area contributed by atoms with Crippen LogP contribution in [-0.2, 0) is 0 Å². The molecule has 0 bridgehead atoms. The lowest BCUT2D eigenvalue weighted by atomic mass is 10.2. The Kier molecular flexibility index (Phi) is 3.53. The Hall–Kier alpha value is -3.45. The molecule has 0 atom stereocenters. The van der Waals surface area contributed by atoms with Crippen LogP contribution in [0.5, 0.6) is 0 Å². The molecule has 0 saturated heterocycles. The highest BCUT2D eigenvalue weighted by Crippen LogP contribution is 2.22. The summed E-state index contributed by atoms with van der Waals surface area (Å²) >= 11 is 0. The van der Waals surface area contributed by atoms with Gasteiger partial charge in [0, 0.05) is 23.3 Å². The van der Waals surface area contributed by atoms with Crippen LogP contribution in [-0.4, -0.2) is 14.5 Å². The fourth-order valence-electron chi connectivity index (χ4n) is 2.57. The zero-order chi connectivity index (χ0) is 16.4. The normalized spacial score (nSPS) is 10.4. The standard InChI is InChI=1S/C20H12FN3/c21-17-7-3-5-15(13-17)9-10-18-14-16-6-1-2-8-19(16)24(18)20-22-11-4-12-23-20/h1-8,11-14H. The van der Waals surface area contributed by atoms with Crippen molar-refractivity contribution in [2.75, 3.05) is 0 Å². The van der Waals surface area contributed by atoms with Crippen molar-refractivity contribution >= 4 is 10.9 Å². The number of fused-ring (bicyclic) bond motifs is 1. The van der Waals surface area contributed by atoms with Crippen LogP contribution in [0.1, 0.15) is 11.3 Å². The van der Waals surface area contributed by atoms with E-state index >= 15 is 0 Å². The molecule has 2 aromatic heterocycles. The Labute approximate surface area is 138 Å². The van der Waals surface area contributed by atoms with Gasteiger partial charge in [0.15, 0.2) is 0 Å². The van der Waals surface area contributed by atoms with Crippen LogP contribution < -0.4 is 0 Å². The summed E-state index contributed by atoms with van der Waals surface area (Å²) in [6.07, 6.45) is 3.39. The minimum absolute atomic E-state index is 0.297. The third-order valence-electron chi connectivity index (χ3n) is 3.62. The Morgan fingerprint density at radius 2 is 1.67 bits per heavy atom. The second-order valence-corrected chi connectivity index (χ2v) is 5.23.